The Balaban J connectivity index is 1.46. The number of nitrogens with one attached hydrogen (secondary N) is 2. The van der Waals surface area contributed by atoms with Crippen molar-refractivity contribution in [2.75, 3.05) is 57.1 Å². The van der Waals surface area contributed by atoms with Crippen molar-refractivity contribution >= 4 is 33.5 Å². The number of hydrogen-bond acceptors (Lipinski definition) is 9. The number of likely N-dealkylation sites (tertiary alicyclic amines) is 1. The van der Waals surface area contributed by atoms with Crippen LogP contribution in [-0.4, -0.2) is 85.9 Å². The number of fused-ring (bicyclic) bond motifs is 1. The third kappa shape index (κ3) is 7.54. The molecule has 2 aromatic carbocycles. The third-order valence-electron chi connectivity index (χ3n) is 7.89. The second-order valence-electron chi connectivity index (χ2n) is 11.2. The van der Waals surface area contributed by atoms with Gasteiger partial charge in [-0.15, -0.1) is 5.10 Å². The molecule has 2 aliphatic rings. The van der Waals surface area contributed by atoms with E-state index in [2.05, 4.69) is 20.6 Å². The van der Waals surface area contributed by atoms with Gasteiger partial charge in [-0.3, -0.25) is 9.69 Å². The lowest BCUT2D eigenvalue weighted by atomic mass is 10.1. The Hall–Kier alpha value is -3.92. The summed E-state index contributed by atoms with van der Waals surface area (Å²) >= 11 is 0. The lowest BCUT2D eigenvalue weighted by Gasteiger charge is -2.27. The minimum atomic E-state index is -4.35. The third-order valence-corrected chi connectivity index (χ3v) is 9.71. The molecule has 3 aromatic rings. The number of nitrogens with zero attached hydrogens (tertiary/aromatic N) is 4. The van der Waals surface area contributed by atoms with E-state index in [1.807, 2.05) is 19.1 Å². The molecule has 0 radical (unpaired) electrons. The number of aromatic nitrogens is 2. The van der Waals surface area contributed by atoms with Crippen molar-refractivity contribution in [1.82, 2.24) is 19.0 Å². The summed E-state index contributed by atoms with van der Waals surface area (Å²) in [5.74, 6) is -2.62. The molecule has 12 nitrogen and oxygen atoms in total. The number of halogens is 2. The molecule has 46 heavy (non-hydrogen) atoms. The maximum atomic E-state index is 13.9. The Morgan fingerprint density at radius 1 is 1.02 bits per heavy atom. The maximum absolute atomic E-state index is 13.9. The van der Waals surface area contributed by atoms with Crippen molar-refractivity contribution in [1.29, 1.82) is 0 Å². The number of rotatable bonds is 12. The summed E-state index contributed by atoms with van der Waals surface area (Å²) in [5.41, 5.74) is 2.57. The molecule has 1 aromatic heterocycles. The number of methoxy groups -OCH3 is 1. The molecule has 1 saturated heterocycles. The Morgan fingerprint density at radius 2 is 1.76 bits per heavy atom. The van der Waals surface area contributed by atoms with Crippen LogP contribution in [0, 0.1) is 11.6 Å². The maximum Gasteiger partial charge on any atom is 0.435 e. The van der Waals surface area contributed by atoms with E-state index in [9.17, 15) is 26.8 Å². The summed E-state index contributed by atoms with van der Waals surface area (Å²) < 4.78 is 67.2. The molecular formula is C31H38F2N6O6S. The number of carbonyl (C=O) groups excluding carboxylic acids is 2. The first-order valence-corrected chi connectivity index (χ1v) is 16.7. The number of sulfonamides is 1. The number of amides is 1. The summed E-state index contributed by atoms with van der Waals surface area (Å²) in [4.78, 5) is 28.5. The van der Waals surface area contributed by atoms with Crippen LogP contribution < -0.4 is 10.6 Å². The van der Waals surface area contributed by atoms with Crippen LogP contribution in [0.15, 0.2) is 41.3 Å². The molecule has 0 atom stereocenters. The largest absolute Gasteiger partial charge is 0.448 e. The lowest BCUT2D eigenvalue weighted by molar-refractivity contribution is 0.102. The minimum Gasteiger partial charge on any atom is -0.448 e. The summed E-state index contributed by atoms with van der Waals surface area (Å²) in [7, 11) is -2.76. The van der Waals surface area contributed by atoms with Crippen molar-refractivity contribution in [3.8, 4) is 0 Å². The van der Waals surface area contributed by atoms with Crippen molar-refractivity contribution in [3.63, 3.8) is 0 Å². The summed E-state index contributed by atoms with van der Waals surface area (Å²) in [5, 5.41) is 10.4. The highest BCUT2D eigenvalue weighted by atomic mass is 32.2. The van der Waals surface area contributed by atoms with E-state index in [0.717, 1.165) is 59.2 Å². The van der Waals surface area contributed by atoms with Gasteiger partial charge >= 0.3 is 6.09 Å². The smallest absolute Gasteiger partial charge is 0.435 e. The van der Waals surface area contributed by atoms with Gasteiger partial charge in [0.15, 0.2) is 5.82 Å². The van der Waals surface area contributed by atoms with E-state index >= 15 is 0 Å². The van der Waals surface area contributed by atoms with Crippen LogP contribution in [0.3, 0.4) is 0 Å². The van der Waals surface area contributed by atoms with Gasteiger partial charge in [-0.05, 0) is 62.2 Å². The predicted octanol–water partition coefficient (Wildman–Crippen LogP) is 4.21. The van der Waals surface area contributed by atoms with Crippen LogP contribution in [0.1, 0.15) is 53.4 Å². The van der Waals surface area contributed by atoms with E-state index in [4.69, 9.17) is 9.47 Å². The van der Waals surface area contributed by atoms with Gasteiger partial charge in [-0.1, -0.05) is 13.0 Å². The summed E-state index contributed by atoms with van der Waals surface area (Å²) in [6, 6.07) is 7.60. The zero-order valence-electron chi connectivity index (χ0n) is 25.9. The number of benzene rings is 2. The Morgan fingerprint density at radius 3 is 2.46 bits per heavy atom. The van der Waals surface area contributed by atoms with Gasteiger partial charge < -0.3 is 20.1 Å². The van der Waals surface area contributed by atoms with Gasteiger partial charge in [0.25, 0.3) is 5.91 Å². The molecule has 2 aliphatic heterocycles. The van der Waals surface area contributed by atoms with Gasteiger partial charge in [0, 0.05) is 57.0 Å². The number of carbonyl (C=O) groups is 2. The van der Waals surface area contributed by atoms with Crippen molar-refractivity contribution in [2.24, 2.45) is 0 Å². The normalized spacial score (nSPS) is 15.5. The molecule has 0 aliphatic carbocycles. The van der Waals surface area contributed by atoms with E-state index in [1.54, 1.807) is 13.2 Å². The van der Waals surface area contributed by atoms with Crippen molar-refractivity contribution in [3.05, 3.63) is 70.4 Å². The van der Waals surface area contributed by atoms with Crippen LogP contribution in [-0.2, 0) is 39.0 Å². The second kappa shape index (κ2) is 14.7. The van der Waals surface area contributed by atoms with Crippen molar-refractivity contribution in [2.45, 2.75) is 50.6 Å². The Kier molecular flexibility index (Phi) is 10.7. The number of ether oxygens (including phenoxy) is 2. The highest BCUT2D eigenvalue weighted by molar-refractivity contribution is 7.89. The van der Waals surface area contributed by atoms with Gasteiger partial charge in [0.1, 0.15) is 11.6 Å². The Bertz CT molecular complexity index is 1670. The zero-order valence-corrected chi connectivity index (χ0v) is 26.7. The molecule has 1 fully saturated rings. The molecule has 3 heterocycles. The lowest BCUT2D eigenvalue weighted by Crippen LogP contribution is -2.37. The molecule has 0 saturated carbocycles. The molecule has 5 rings (SSSR count). The first-order valence-electron chi connectivity index (χ1n) is 15.2. The molecule has 1 amide bonds. The average molecular weight is 661 g/mol. The van der Waals surface area contributed by atoms with Crippen LogP contribution >= 0.6 is 0 Å². The standard InChI is InChI=1S/C31H38F2N6O6S/c1-3-13-45-31(41)39-28-8-12-38(46(42,43)24-17-22(32)16-23(33)18-24)20-26(28)29(36-39)35-30(40)25-7-6-21(19-37-10-4-5-11-37)15-27(25)34-9-14-44-2/h6-7,15-18,34H,3-5,8-14,19-20H2,1-2H3,(H,35,36,40). The van der Waals surface area contributed by atoms with Gasteiger partial charge in [-0.25, -0.2) is 22.0 Å². The molecule has 0 bridgehead atoms. The average Bonchev–Trinajstić information content (AvgIpc) is 3.67. The highest BCUT2D eigenvalue weighted by Crippen LogP contribution is 2.31. The minimum absolute atomic E-state index is 0.0252. The quantitative estimate of drug-likeness (QED) is 0.274. The Labute approximate surface area is 266 Å². The van der Waals surface area contributed by atoms with E-state index in [1.165, 1.54) is 0 Å². The summed E-state index contributed by atoms with van der Waals surface area (Å²) in [6.07, 6.45) is 2.14. The van der Waals surface area contributed by atoms with Crippen LogP contribution in [0.4, 0.5) is 25.1 Å². The molecule has 15 heteroatoms. The van der Waals surface area contributed by atoms with Gasteiger partial charge in [0.2, 0.25) is 10.0 Å². The molecule has 248 valence electrons. The fourth-order valence-electron chi connectivity index (χ4n) is 5.62. The number of hydrogen-bond donors (Lipinski definition) is 2. The molecule has 0 spiro atoms. The number of anilines is 2. The first kappa shape index (κ1) is 33.4. The molecular weight excluding hydrogens is 622 g/mol. The zero-order chi connectivity index (χ0) is 32.8. The highest BCUT2D eigenvalue weighted by Gasteiger charge is 2.35. The van der Waals surface area contributed by atoms with E-state index in [0.29, 0.717) is 42.6 Å². The molecule has 2 N–H and O–H groups in total. The summed E-state index contributed by atoms with van der Waals surface area (Å²) in [6.45, 7) is 5.22. The van der Waals surface area contributed by atoms with Crippen LogP contribution in [0.2, 0.25) is 0 Å². The monoisotopic (exact) mass is 660 g/mol. The van der Waals surface area contributed by atoms with Gasteiger partial charge in [0.05, 0.1) is 29.4 Å². The van der Waals surface area contributed by atoms with E-state index in [-0.39, 0.29) is 37.5 Å². The van der Waals surface area contributed by atoms with Crippen LogP contribution in [0.25, 0.3) is 0 Å². The SMILES string of the molecule is CCCOC(=O)n1nc(NC(=O)c2ccc(CN3CCCC3)cc2NCCOC)c2c1CCN(S(=O)(=O)c1cc(F)cc(F)c1)C2. The predicted molar refractivity (Wildman–Crippen MR) is 166 cm³/mol. The van der Waals surface area contributed by atoms with Crippen molar-refractivity contribution < 1.29 is 36.3 Å². The van der Waals surface area contributed by atoms with E-state index < -0.39 is 38.6 Å². The topological polar surface area (TPSA) is 135 Å². The molecule has 0 unspecified atom stereocenters. The first-order chi connectivity index (χ1) is 22.1. The fraction of sp³-hybridized carbons (Fsp3) is 0.452. The second-order valence-corrected chi connectivity index (χ2v) is 13.2. The van der Waals surface area contributed by atoms with Crippen LogP contribution in [0.5, 0.6) is 0 Å². The van der Waals surface area contributed by atoms with Gasteiger partial charge in [-0.2, -0.15) is 8.99 Å². The fourth-order valence-corrected chi connectivity index (χ4v) is 7.08.